The molecule has 1 atom stereocenters. The number of unbranched alkanes of at least 4 members (excludes halogenated alkanes) is 2. The number of aliphatic carboxylic acids is 1. The van der Waals surface area contributed by atoms with Crippen LogP contribution in [0.1, 0.15) is 43.2 Å². The molecule has 2 N–H and O–H groups in total. The number of oxazole rings is 1. The van der Waals surface area contributed by atoms with E-state index in [2.05, 4.69) is 17.2 Å². The number of aromatic nitrogens is 1. The van der Waals surface area contributed by atoms with E-state index in [0.717, 1.165) is 54.1 Å². The topological polar surface area (TPSA) is 84.6 Å². The number of carbonyl (C=O) groups is 1. The smallest absolute Gasteiger partial charge is 0.321 e. The first-order valence-corrected chi connectivity index (χ1v) is 11.3. The van der Waals surface area contributed by atoms with Gasteiger partial charge < -0.3 is 19.6 Å². The van der Waals surface area contributed by atoms with Gasteiger partial charge in [-0.25, -0.2) is 4.98 Å². The molecule has 0 bridgehead atoms. The predicted octanol–water partition coefficient (Wildman–Crippen LogP) is 5.05. The fraction of sp³-hybridized carbons (Fsp3) is 0.385. The summed E-state index contributed by atoms with van der Waals surface area (Å²) in [5.41, 5.74) is 2.81. The molecule has 0 fully saturated rings. The number of aryl methyl sites for hydroxylation is 1. The molecular formula is C26H32N2O4. The quantitative estimate of drug-likeness (QED) is 0.365. The molecule has 3 aromatic rings. The van der Waals surface area contributed by atoms with Crippen molar-refractivity contribution in [1.82, 2.24) is 10.3 Å². The molecule has 0 saturated carbocycles. The van der Waals surface area contributed by atoms with Crippen LogP contribution in [0.4, 0.5) is 0 Å². The Morgan fingerprint density at radius 2 is 1.88 bits per heavy atom. The van der Waals surface area contributed by atoms with Gasteiger partial charge in [0.2, 0.25) is 5.89 Å². The molecule has 1 heterocycles. The van der Waals surface area contributed by atoms with Crippen LogP contribution in [0.2, 0.25) is 0 Å². The van der Waals surface area contributed by atoms with E-state index in [9.17, 15) is 9.90 Å². The lowest BCUT2D eigenvalue weighted by molar-refractivity contribution is -0.139. The van der Waals surface area contributed by atoms with Crippen molar-refractivity contribution >= 4 is 5.97 Å². The second kappa shape index (κ2) is 12.1. The maximum absolute atomic E-state index is 11.5. The monoisotopic (exact) mass is 436 g/mol. The van der Waals surface area contributed by atoms with Gasteiger partial charge in [-0.2, -0.15) is 0 Å². The van der Waals surface area contributed by atoms with Crippen LogP contribution >= 0.6 is 0 Å². The van der Waals surface area contributed by atoms with E-state index in [0.29, 0.717) is 25.3 Å². The molecule has 3 rings (SSSR count). The zero-order chi connectivity index (χ0) is 22.8. The summed E-state index contributed by atoms with van der Waals surface area (Å²) in [6.07, 6.45) is 4.30. The normalized spacial score (nSPS) is 11.9. The molecule has 0 spiro atoms. The van der Waals surface area contributed by atoms with Crippen molar-refractivity contribution in [3.8, 4) is 17.2 Å². The summed E-state index contributed by atoms with van der Waals surface area (Å²) < 4.78 is 11.7. The maximum atomic E-state index is 11.5. The lowest BCUT2D eigenvalue weighted by Crippen LogP contribution is -2.39. The van der Waals surface area contributed by atoms with Crippen molar-refractivity contribution in [1.29, 1.82) is 0 Å². The fourth-order valence-electron chi connectivity index (χ4n) is 3.49. The molecule has 0 saturated heterocycles. The van der Waals surface area contributed by atoms with Crippen LogP contribution in [-0.2, 0) is 17.6 Å². The number of carboxylic acid groups (broad SMARTS) is 1. The lowest BCUT2D eigenvalue weighted by Gasteiger charge is -2.15. The van der Waals surface area contributed by atoms with Gasteiger partial charge in [0, 0.05) is 12.0 Å². The Hall–Kier alpha value is -3.12. The molecule has 0 aliphatic heterocycles. The highest BCUT2D eigenvalue weighted by Gasteiger charge is 2.17. The molecule has 170 valence electrons. The third-order valence-corrected chi connectivity index (χ3v) is 5.35. The summed E-state index contributed by atoms with van der Waals surface area (Å²) >= 11 is 0. The van der Waals surface area contributed by atoms with Crippen LogP contribution in [0.5, 0.6) is 5.75 Å². The third kappa shape index (κ3) is 6.95. The summed E-state index contributed by atoms with van der Waals surface area (Å²) in [5, 5.41) is 12.6. The Labute approximate surface area is 189 Å². The molecular weight excluding hydrogens is 404 g/mol. The molecule has 6 heteroatoms. The van der Waals surface area contributed by atoms with E-state index in [1.807, 2.05) is 61.5 Å². The van der Waals surface area contributed by atoms with Crippen LogP contribution in [0.25, 0.3) is 11.5 Å². The molecule has 6 nitrogen and oxygen atoms in total. The van der Waals surface area contributed by atoms with E-state index in [-0.39, 0.29) is 0 Å². The Morgan fingerprint density at radius 3 is 2.56 bits per heavy atom. The number of ether oxygens (including phenoxy) is 1. The Bertz CT molecular complexity index is 967. The zero-order valence-corrected chi connectivity index (χ0v) is 18.8. The standard InChI is InChI=1S/C26H32N2O4/c1-3-4-8-16-27-24(26(29)30)18-20-11-13-22(14-12-20)31-17-15-23-19(2)32-25(28-23)21-9-6-5-7-10-21/h5-7,9-14,24,27H,3-4,8,15-18H2,1-2H3,(H,29,30)/t24-/m0/s1. The van der Waals surface area contributed by atoms with Gasteiger partial charge >= 0.3 is 5.97 Å². The fourth-order valence-corrected chi connectivity index (χ4v) is 3.49. The number of rotatable bonds is 13. The van der Waals surface area contributed by atoms with Crippen LogP contribution in [-0.4, -0.2) is 35.3 Å². The molecule has 0 unspecified atom stereocenters. The summed E-state index contributed by atoms with van der Waals surface area (Å²) in [4.78, 5) is 16.1. The number of carboxylic acids is 1. The first kappa shape index (κ1) is 23.5. The average Bonchev–Trinajstić information content (AvgIpc) is 3.18. The van der Waals surface area contributed by atoms with Gasteiger partial charge in [-0.3, -0.25) is 4.79 Å². The number of hydrogen-bond donors (Lipinski definition) is 2. The Kier molecular flexibility index (Phi) is 8.87. The van der Waals surface area contributed by atoms with Gasteiger partial charge in [0.15, 0.2) is 0 Å². The van der Waals surface area contributed by atoms with Crippen molar-refractivity contribution < 1.29 is 19.1 Å². The maximum Gasteiger partial charge on any atom is 0.321 e. The SMILES string of the molecule is CCCCCN[C@@H](Cc1ccc(OCCc2nc(-c3ccccc3)oc2C)cc1)C(=O)O. The minimum atomic E-state index is -0.820. The van der Waals surface area contributed by atoms with Crippen LogP contribution < -0.4 is 10.1 Å². The Balaban J connectivity index is 1.48. The van der Waals surface area contributed by atoms with Gasteiger partial charge in [-0.15, -0.1) is 0 Å². The highest BCUT2D eigenvalue weighted by Crippen LogP contribution is 2.22. The van der Waals surface area contributed by atoms with Gasteiger partial charge in [0.05, 0.1) is 12.3 Å². The first-order chi connectivity index (χ1) is 15.6. The second-order valence-electron chi connectivity index (χ2n) is 7.89. The summed E-state index contributed by atoms with van der Waals surface area (Å²) in [6.45, 7) is 5.25. The molecule has 32 heavy (non-hydrogen) atoms. The van der Waals surface area contributed by atoms with Crippen LogP contribution in [0.3, 0.4) is 0 Å². The van der Waals surface area contributed by atoms with Gasteiger partial charge in [0.1, 0.15) is 17.6 Å². The van der Waals surface area contributed by atoms with Crippen molar-refractivity contribution in [2.45, 2.75) is 52.0 Å². The van der Waals surface area contributed by atoms with Crippen molar-refractivity contribution in [3.05, 3.63) is 71.6 Å². The number of hydrogen-bond acceptors (Lipinski definition) is 5. The molecule has 1 aromatic heterocycles. The lowest BCUT2D eigenvalue weighted by atomic mass is 10.1. The number of nitrogens with one attached hydrogen (secondary N) is 1. The summed E-state index contributed by atoms with van der Waals surface area (Å²) in [6, 6.07) is 16.9. The minimum Gasteiger partial charge on any atom is -0.493 e. The van der Waals surface area contributed by atoms with E-state index in [1.165, 1.54) is 0 Å². The summed E-state index contributed by atoms with van der Waals surface area (Å²) in [5.74, 6) is 1.35. The predicted molar refractivity (Wildman–Crippen MR) is 125 cm³/mol. The van der Waals surface area contributed by atoms with E-state index in [4.69, 9.17) is 9.15 Å². The Morgan fingerprint density at radius 1 is 1.12 bits per heavy atom. The third-order valence-electron chi connectivity index (χ3n) is 5.35. The molecule has 0 radical (unpaired) electrons. The van der Waals surface area contributed by atoms with E-state index in [1.54, 1.807) is 0 Å². The first-order valence-electron chi connectivity index (χ1n) is 11.3. The minimum absolute atomic E-state index is 0.447. The zero-order valence-electron chi connectivity index (χ0n) is 18.8. The largest absolute Gasteiger partial charge is 0.493 e. The van der Waals surface area contributed by atoms with Gasteiger partial charge in [0.25, 0.3) is 0 Å². The van der Waals surface area contributed by atoms with Crippen molar-refractivity contribution in [2.24, 2.45) is 0 Å². The molecule has 2 aromatic carbocycles. The van der Waals surface area contributed by atoms with Crippen molar-refractivity contribution in [3.63, 3.8) is 0 Å². The van der Waals surface area contributed by atoms with Gasteiger partial charge in [-0.1, -0.05) is 50.1 Å². The summed E-state index contributed by atoms with van der Waals surface area (Å²) in [7, 11) is 0. The molecule has 0 aliphatic carbocycles. The molecule has 0 amide bonds. The number of nitrogens with zero attached hydrogens (tertiary/aromatic N) is 1. The second-order valence-corrected chi connectivity index (χ2v) is 7.89. The average molecular weight is 437 g/mol. The highest BCUT2D eigenvalue weighted by molar-refractivity contribution is 5.73. The van der Waals surface area contributed by atoms with E-state index >= 15 is 0 Å². The highest BCUT2D eigenvalue weighted by atomic mass is 16.5. The van der Waals surface area contributed by atoms with Gasteiger partial charge in [-0.05, 0) is 56.1 Å². The van der Waals surface area contributed by atoms with Crippen LogP contribution in [0.15, 0.2) is 59.0 Å². The molecule has 0 aliphatic rings. The van der Waals surface area contributed by atoms with Crippen molar-refractivity contribution in [2.75, 3.05) is 13.2 Å². The number of benzene rings is 2. The van der Waals surface area contributed by atoms with E-state index < -0.39 is 12.0 Å². The van der Waals surface area contributed by atoms with Crippen LogP contribution in [0, 0.1) is 6.92 Å².